The molecule has 1 amide bonds. The molecule has 0 atom stereocenters. The number of aryl methyl sites for hydroxylation is 1. The summed E-state index contributed by atoms with van der Waals surface area (Å²) < 4.78 is 3.68. The number of benzene rings is 2. The number of hydrogen-bond donors (Lipinski definition) is 1. The zero-order valence-corrected chi connectivity index (χ0v) is 16.3. The van der Waals surface area contributed by atoms with Gasteiger partial charge in [-0.05, 0) is 55.8 Å². The van der Waals surface area contributed by atoms with Crippen LogP contribution in [0.1, 0.15) is 21.6 Å². The fraction of sp³-hybridized carbons (Fsp3) is 0.0909. The summed E-state index contributed by atoms with van der Waals surface area (Å²) in [5.74, 6) is 0.458. The number of carbonyl (C=O) groups excluding carboxylic acids is 1. The molecule has 0 aliphatic carbocycles. The SMILES string of the molecule is Cc1nn(-c2ccccc2)c(-n2cccc2)c1C(=O)Nc1cccc(Cl)c1C. The van der Waals surface area contributed by atoms with Crippen LogP contribution < -0.4 is 5.32 Å². The number of carbonyl (C=O) groups is 1. The number of rotatable bonds is 4. The Balaban J connectivity index is 1.84. The molecule has 2 aromatic heterocycles. The summed E-state index contributed by atoms with van der Waals surface area (Å²) in [4.78, 5) is 13.2. The fourth-order valence-corrected chi connectivity index (χ4v) is 3.35. The van der Waals surface area contributed by atoms with Crippen molar-refractivity contribution in [1.29, 1.82) is 0 Å². The van der Waals surface area contributed by atoms with Gasteiger partial charge in [0.2, 0.25) is 0 Å². The molecule has 0 aliphatic heterocycles. The third-order valence-electron chi connectivity index (χ3n) is 4.63. The Morgan fingerprint density at radius 2 is 1.68 bits per heavy atom. The van der Waals surface area contributed by atoms with Gasteiger partial charge >= 0.3 is 0 Å². The number of hydrogen-bond acceptors (Lipinski definition) is 2. The first-order valence-electron chi connectivity index (χ1n) is 8.91. The number of anilines is 1. The minimum absolute atomic E-state index is 0.228. The number of aromatic nitrogens is 3. The van der Waals surface area contributed by atoms with E-state index < -0.39 is 0 Å². The summed E-state index contributed by atoms with van der Waals surface area (Å²) in [6.07, 6.45) is 3.80. The Labute approximate surface area is 168 Å². The molecule has 2 aromatic carbocycles. The minimum atomic E-state index is -0.228. The number of halogens is 1. The Morgan fingerprint density at radius 1 is 0.964 bits per heavy atom. The van der Waals surface area contributed by atoms with Crippen LogP contribution in [0.3, 0.4) is 0 Å². The molecule has 1 N–H and O–H groups in total. The Hall–Kier alpha value is -3.31. The van der Waals surface area contributed by atoms with E-state index in [4.69, 9.17) is 11.6 Å². The Morgan fingerprint density at radius 3 is 2.39 bits per heavy atom. The molecular weight excluding hydrogens is 372 g/mol. The van der Waals surface area contributed by atoms with Crippen LogP contribution in [0.15, 0.2) is 73.1 Å². The van der Waals surface area contributed by atoms with Crippen LogP contribution in [-0.2, 0) is 0 Å². The predicted molar refractivity (Wildman–Crippen MR) is 112 cm³/mol. The van der Waals surface area contributed by atoms with Crippen LogP contribution >= 0.6 is 11.6 Å². The maximum atomic E-state index is 13.2. The van der Waals surface area contributed by atoms with Gasteiger partial charge in [0.25, 0.3) is 5.91 Å². The van der Waals surface area contributed by atoms with Crippen LogP contribution in [0.4, 0.5) is 5.69 Å². The smallest absolute Gasteiger partial charge is 0.261 e. The van der Waals surface area contributed by atoms with Crippen LogP contribution in [-0.4, -0.2) is 20.3 Å². The molecule has 4 aromatic rings. The minimum Gasteiger partial charge on any atom is -0.322 e. The lowest BCUT2D eigenvalue weighted by Gasteiger charge is -2.12. The van der Waals surface area contributed by atoms with Crippen molar-refractivity contribution in [2.75, 3.05) is 5.32 Å². The third kappa shape index (κ3) is 3.21. The molecule has 5 nitrogen and oxygen atoms in total. The van der Waals surface area contributed by atoms with Gasteiger partial charge in [0, 0.05) is 23.1 Å². The molecule has 2 heterocycles. The number of nitrogens with zero attached hydrogens (tertiary/aromatic N) is 3. The first kappa shape index (κ1) is 18.1. The maximum Gasteiger partial charge on any atom is 0.261 e. The second-order valence-electron chi connectivity index (χ2n) is 6.49. The van der Waals surface area contributed by atoms with Crippen LogP contribution in [0.2, 0.25) is 5.02 Å². The monoisotopic (exact) mass is 390 g/mol. The van der Waals surface area contributed by atoms with E-state index in [0.29, 0.717) is 27.8 Å². The lowest BCUT2D eigenvalue weighted by molar-refractivity contribution is 0.102. The summed E-state index contributed by atoms with van der Waals surface area (Å²) in [5.41, 5.74) is 3.55. The molecule has 0 radical (unpaired) electrons. The van der Waals surface area contributed by atoms with Crippen molar-refractivity contribution in [3.8, 4) is 11.5 Å². The lowest BCUT2D eigenvalue weighted by atomic mass is 10.1. The lowest BCUT2D eigenvalue weighted by Crippen LogP contribution is -2.16. The van der Waals surface area contributed by atoms with Crippen LogP contribution in [0, 0.1) is 13.8 Å². The molecule has 0 spiro atoms. The first-order chi connectivity index (χ1) is 13.6. The summed E-state index contributed by atoms with van der Waals surface area (Å²) in [5, 5.41) is 8.24. The van der Waals surface area contributed by atoms with Gasteiger partial charge in [0.15, 0.2) is 5.82 Å². The molecule has 0 saturated carbocycles. The number of nitrogens with one attached hydrogen (secondary N) is 1. The Kier molecular flexibility index (Phi) is 4.75. The highest BCUT2D eigenvalue weighted by Crippen LogP contribution is 2.27. The molecule has 0 saturated heterocycles. The first-order valence-corrected chi connectivity index (χ1v) is 9.29. The highest BCUT2D eigenvalue weighted by atomic mass is 35.5. The van der Waals surface area contributed by atoms with Gasteiger partial charge in [-0.2, -0.15) is 5.10 Å². The number of amides is 1. The summed E-state index contributed by atoms with van der Waals surface area (Å²) in [6, 6.07) is 19.1. The van der Waals surface area contributed by atoms with Gasteiger partial charge in [0.05, 0.1) is 11.4 Å². The predicted octanol–water partition coefficient (Wildman–Crippen LogP) is 5.19. The normalized spacial score (nSPS) is 10.8. The van der Waals surface area contributed by atoms with Crippen molar-refractivity contribution in [2.45, 2.75) is 13.8 Å². The van der Waals surface area contributed by atoms with E-state index in [1.165, 1.54) is 0 Å². The zero-order valence-electron chi connectivity index (χ0n) is 15.6. The molecule has 0 fully saturated rings. The standard InChI is InChI=1S/C22H19ClN4O/c1-15-18(23)11-8-12-19(15)24-21(28)20-16(2)25-27(17-9-4-3-5-10-17)22(20)26-13-6-7-14-26/h3-14H,1-2H3,(H,24,28). The van der Waals surface area contributed by atoms with E-state index >= 15 is 0 Å². The maximum absolute atomic E-state index is 13.2. The van der Waals surface area contributed by atoms with Crippen molar-refractivity contribution in [1.82, 2.24) is 14.3 Å². The van der Waals surface area contributed by atoms with Gasteiger partial charge < -0.3 is 9.88 Å². The number of para-hydroxylation sites is 1. The second-order valence-corrected chi connectivity index (χ2v) is 6.90. The van der Waals surface area contributed by atoms with Crippen molar-refractivity contribution < 1.29 is 4.79 Å². The molecule has 0 aliphatic rings. The molecule has 140 valence electrons. The van der Waals surface area contributed by atoms with Crippen molar-refractivity contribution in [3.63, 3.8) is 0 Å². The van der Waals surface area contributed by atoms with Crippen LogP contribution in [0.25, 0.3) is 11.5 Å². The van der Waals surface area contributed by atoms with E-state index in [2.05, 4.69) is 10.4 Å². The van der Waals surface area contributed by atoms with Gasteiger partial charge in [-0.15, -0.1) is 0 Å². The topological polar surface area (TPSA) is 51.9 Å². The highest BCUT2D eigenvalue weighted by Gasteiger charge is 2.24. The van der Waals surface area contributed by atoms with Crippen molar-refractivity contribution in [3.05, 3.63) is 94.9 Å². The second kappa shape index (κ2) is 7.37. The van der Waals surface area contributed by atoms with E-state index in [9.17, 15) is 4.79 Å². The van der Waals surface area contributed by atoms with E-state index in [1.54, 1.807) is 10.7 Å². The summed E-state index contributed by atoms with van der Waals surface area (Å²) in [6.45, 7) is 3.72. The molecule has 4 rings (SSSR count). The average molecular weight is 391 g/mol. The van der Waals surface area contributed by atoms with Crippen molar-refractivity contribution in [2.24, 2.45) is 0 Å². The molecule has 0 bridgehead atoms. The van der Waals surface area contributed by atoms with E-state index in [0.717, 1.165) is 11.3 Å². The third-order valence-corrected chi connectivity index (χ3v) is 5.04. The van der Waals surface area contributed by atoms with Crippen LogP contribution in [0.5, 0.6) is 0 Å². The van der Waals surface area contributed by atoms with Gasteiger partial charge in [-0.1, -0.05) is 35.9 Å². The Bertz CT molecular complexity index is 1130. The molecule has 28 heavy (non-hydrogen) atoms. The average Bonchev–Trinajstić information content (AvgIpc) is 3.33. The summed E-state index contributed by atoms with van der Waals surface area (Å²) in [7, 11) is 0. The van der Waals surface area contributed by atoms with Gasteiger partial charge in [0.1, 0.15) is 5.56 Å². The molecular formula is C22H19ClN4O. The van der Waals surface area contributed by atoms with E-state index in [-0.39, 0.29) is 5.91 Å². The van der Waals surface area contributed by atoms with Crippen molar-refractivity contribution >= 4 is 23.2 Å². The molecule has 0 unspecified atom stereocenters. The quantitative estimate of drug-likeness (QED) is 0.521. The largest absolute Gasteiger partial charge is 0.322 e. The van der Waals surface area contributed by atoms with E-state index in [1.807, 2.05) is 85.4 Å². The zero-order chi connectivity index (χ0) is 19.7. The highest BCUT2D eigenvalue weighted by molar-refractivity contribution is 6.31. The molecule has 6 heteroatoms. The van der Waals surface area contributed by atoms with Gasteiger partial charge in [-0.3, -0.25) is 4.79 Å². The van der Waals surface area contributed by atoms with Gasteiger partial charge in [-0.25, -0.2) is 4.68 Å². The fourth-order valence-electron chi connectivity index (χ4n) is 3.17. The summed E-state index contributed by atoms with van der Waals surface area (Å²) >= 11 is 6.20.